The van der Waals surface area contributed by atoms with E-state index in [4.69, 9.17) is 11.6 Å². The van der Waals surface area contributed by atoms with Crippen LogP contribution in [-0.4, -0.2) is 14.8 Å². The van der Waals surface area contributed by atoms with E-state index in [2.05, 4.69) is 39.1 Å². The van der Waals surface area contributed by atoms with Crippen LogP contribution >= 0.6 is 22.9 Å². The van der Waals surface area contributed by atoms with E-state index in [1.54, 1.807) is 22.3 Å². The molecule has 2 aromatic heterocycles. The molecule has 3 aromatic rings. The van der Waals surface area contributed by atoms with Gasteiger partial charge in [-0.05, 0) is 41.4 Å². The molecule has 1 N–H and O–H groups in total. The first kappa shape index (κ1) is 13.1. The minimum absolute atomic E-state index is 0.196. The lowest BCUT2D eigenvalue weighted by atomic mass is 10.1. The number of thiophene rings is 1. The van der Waals surface area contributed by atoms with E-state index < -0.39 is 0 Å². The summed E-state index contributed by atoms with van der Waals surface area (Å²) in [6.45, 7) is 2.12. The molecule has 0 aliphatic rings. The van der Waals surface area contributed by atoms with Gasteiger partial charge in [0.05, 0.1) is 10.7 Å². The Bertz CT molecular complexity index is 679. The Labute approximate surface area is 126 Å². The van der Waals surface area contributed by atoms with Crippen LogP contribution in [0.25, 0.3) is 5.69 Å². The fraction of sp³-hybridized carbons (Fsp3) is 0.143. The Hall–Kier alpha value is -1.85. The van der Waals surface area contributed by atoms with Crippen molar-refractivity contribution in [3.63, 3.8) is 0 Å². The van der Waals surface area contributed by atoms with Gasteiger partial charge < -0.3 is 5.32 Å². The van der Waals surface area contributed by atoms with E-state index >= 15 is 0 Å². The number of benzene rings is 1. The predicted molar refractivity (Wildman–Crippen MR) is 82.7 cm³/mol. The highest BCUT2D eigenvalue weighted by atomic mass is 35.5. The van der Waals surface area contributed by atoms with Crippen LogP contribution in [0.1, 0.15) is 18.5 Å². The standard InChI is InChI=1S/C14H13ClN4S/c1-10(11-5-6-20-7-11)18-13-4-2-3-12(15)14(13)19-9-16-8-17-19/h2-10,18H,1H3. The van der Waals surface area contributed by atoms with Gasteiger partial charge in [0, 0.05) is 6.04 Å². The summed E-state index contributed by atoms with van der Waals surface area (Å²) in [6.07, 6.45) is 3.14. The maximum Gasteiger partial charge on any atom is 0.138 e. The fourth-order valence-electron chi connectivity index (χ4n) is 2.03. The molecule has 20 heavy (non-hydrogen) atoms. The van der Waals surface area contributed by atoms with Gasteiger partial charge >= 0.3 is 0 Å². The van der Waals surface area contributed by atoms with Crippen molar-refractivity contribution in [2.24, 2.45) is 0 Å². The van der Waals surface area contributed by atoms with E-state index in [1.165, 1.54) is 11.9 Å². The monoisotopic (exact) mass is 304 g/mol. The molecule has 4 nitrogen and oxygen atoms in total. The smallest absolute Gasteiger partial charge is 0.138 e. The maximum atomic E-state index is 6.30. The highest BCUT2D eigenvalue weighted by molar-refractivity contribution is 7.08. The third-order valence-electron chi connectivity index (χ3n) is 3.05. The van der Waals surface area contributed by atoms with Crippen molar-refractivity contribution in [1.29, 1.82) is 0 Å². The van der Waals surface area contributed by atoms with Crippen molar-refractivity contribution in [3.8, 4) is 5.69 Å². The van der Waals surface area contributed by atoms with Crippen LogP contribution in [0, 0.1) is 0 Å². The minimum Gasteiger partial charge on any atom is -0.377 e. The number of anilines is 1. The molecule has 1 unspecified atom stereocenters. The van der Waals surface area contributed by atoms with Gasteiger partial charge in [0.25, 0.3) is 0 Å². The van der Waals surface area contributed by atoms with Gasteiger partial charge in [-0.1, -0.05) is 17.7 Å². The summed E-state index contributed by atoms with van der Waals surface area (Å²) >= 11 is 7.99. The molecule has 0 fully saturated rings. The summed E-state index contributed by atoms with van der Waals surface area (Å²) < 4.78 is 1.67. The third-order valence-corrected chi connectivity index (χ3v) is 4.06. The average Bonchev–Trinajstić information content (AvgIpc) is 3.12. The second-order valence-corrected chi connectivity index (χ2v) is 5.59. The molecule has 0 radical (unpaired) electrons. The van der Waals surface area contributed by atoms with E-state index in [0.717, 1.165) is 11.4 Å². The zero-order valence-electron chi connectivity index (χ0n) is 10.8. The van der Waals surface area contributed by atoms with Crippen molar-refractivity contribution in [3.05, 3.63) is 58.3 Å². The van der Waals surface area contributed by atoms with Gasteiger partial charge in [-0.15, -0.1) is 0 Å². The summed E-state index contributed by atoms with van der Waals surface area (Å²) in [5.41, 5.74) is 3.00. The molecular formula is C14H13ClN4S. The molecule has 102 valence electrons. The SMILES string of the molecule is CC(Nc1cccc(Cl)c1-n1cncn1)c1ccsc1. The van der Waals surface area contributed by atoms with Crippen LogP contribution in [-0.2, 0) is 0 Å². The van der Waals surface area contributed by atoms with Crippen LogP contribution in [0.15, 0.2) is 47.7 Å². The van der Waals surface area contributed by atoms with Crippen molar-refractivity contribution in [2.45, 2.75) is 13.0 Å². The zero-order chi connectivity index (χ0) is 13.9. The Morgan fingerprint density at radius 2 is 2.25 bits per heavy atom. The molecule has 0 saturated carbocycles. The van der Waals surface area contributed by atoms with Gasteiger partial charge in [0.1, 0.15) is 18.3 Å². The lowest BCUT2D eigenvalue weighted by molar-refractivity contribution is 0.855. The number of nitrogens with one attached hydrogen (secondary N) is 1. The van der Waals surface area contributed by atoms with Gasteiger partial charge in [-0.3, -0.25) is 0 Å². The summed E-state index contributed by atoms with van der Waals surface area (Å²) in [7, 11) is 0. The number of hydrogen-bond donors (Lipinski definition) is 1. The largest absolute Gasteiger partial charge is 0.377 e. The van der Waals surface area contributed by atoms with Gasteiger partial charge in [0.15, 0.2) is 0 Å². The molecule has 3 rings (SSSR count). The van der Waals surface area contributed by atoms with Crippen molar-refractivity contribution < 1.29 is 0 Å². The summed E-state index contributed by atoms with van der Waals surface area (Å²) in [4.78, 5) is 3.98. The van der Waals surface area contributed by atoms with E-state index in [-0.39, 0.29) is 6.04 Å². The van der Waals surface area contributed by atoms with Crippen LogP contribution in [0.3, 0.4) is 0 Å². The molecule has 0 bridgehead atoms. The van der Waals surface area contributed by atoms with E-state index in [0.29, 0.717) is 5.02 Å². The van der Waals surface area contributed by atoms with Crippen LogP contribution < -0.4 is 5.32 Å². The molecule has 0 saturated heterocycles. The molecule has 1 atom stereocenters. The summed E-state index contributed by atoms with van der Waals surface area (Å²) in [5.74, 6) is 0. The molecule has 0 aliphatic heterocycles. The molecule has 1 aromatic carbocycles. The third kappa shape index (κ3) is 2.55. The van der Waals surface area contributed by atoms with Crippen LogP contribution in [0.2, 0.25) is 5.02 Å². The van der Waals surface area contributed by atoms with Crippen molar-refractivity contribution >= 4 is 28.6 Å². The number of para-hydroxylation sites is 1. The lowest BCUT2D eigenvalue weighted by Crippen LogP contribution is -2.09. The van der Waals surface area contributed by atoms with Crippen molar-refractivity contribution in [2.75, 3.05) is 5.32 Å². The first-order chi connectivity index (χ1) is 9.75. The molecule has 2 heterocycles. The summed E-state index contributed by atoms with van der Waals surface area (Å²) in [5, 5.41) is 12.5. The topological polar surface area (TPSA) is 42.7 Å². The van der Waals surface area contributed by atoms with Crippen LogP contribution in [0.4, 0.5) is 5.69 Å². The number of halogens is 1. The van der Waals surface area contributed by atoms with Crippen molar-refractivity contribution in [1.82, 2.24) is 14.8 Å². The van der Waals surface area contributed by atoms with Gasteiger partial charge in [0.2, 0.25) is 0 Å². The summed E-state index contributed by atoms with van der Waals surface area (Å²) in [6, 6.07) is 8.07. The van der Waals surface area contributed by atoms with Gasteiger partial charge in [-0.2, -0.15) is 16.4 Å². The highest BCUT2D eigenvalue weighted by Gasteiger charge is 2.13. The fourth-order valence-corrected chi connectivity index (χ4v) is 3.04. The Kier molecular flexibility index (Phi) is 3.71. The molecule has 0 amide bonds. The Balaban J connectivity index is 1.96. The molecular weight excluding hydrogens is 292 g/mol. The molecule has 0 aliphatic carbocycles. The Morgan fingerprint density at radius 1 is 1.35 bits per heavy atom. The minimum atomic E-state index is 0.196. The second kappa shape index (κ2) is 5.64. The van der Waals surface area contributed by atoms with E-state index in [1.807, 2.05) is 18.2 Å². The number of hydrogen-bond acceptors (Lipinski definition) is 4. The average molecular weight is 305 g/mol. The number of aromatic nitrogens is 3. The first-order valence-electron chi connectivity index (χ1n) is 6.18. The van der Waals surface area contributed by atoms with Crippen LogP contribution in [0.5, 0.6) is 0 Å². The second-order valence-electron chi connectivity index (χ2n) is 4.40. The first-order valence-corrected chi connectivity index (χ1v) is 7.50. The predicted octanol–water partition coefficient (Wildman–Crippen LogP) is 4.16. The van der Waals surface area contributed by atoms with E-state index in [9.17, 15) is 0 Å². The lowest BCUT2D eigenvalue weighted by Gasteiger charge is -2.18. The Morgan fingerprint density at radius 3 is 2.95 bits per heavy atom. The number of rotatable bonds is 4. The molecule has 0 spiro atoms. The number of nitrogens with zero attached hydrogens (tertiary/aromatic N) is 3. The maximum absolute atomic E-state index is 6.30. The zero-order valence-corrected chi connectivity index (χ0v) is 12.4. The van der Waals surface area contributed by atoms with Gasteiger partial charge in [-0.25, -0.2) is 9.67 Å². The normalized spacial score (nSPS) is 12.3. The molecule has 6 heteroatoms. The quantitative estimate of drug-likeness (QED) is 0.787. The highest BCUT2D eigenvalue weighted by Crippen LogP contribution is 2.30.